The number of benzene rings is 2. The summed E-state index contributed by atoms with van der Waals surface area (Å²) in [5, 5.41) is 0. The molecule has 0 atom stereocenters. The van der Waals surface area contributed by atoms with Crippen molar-refractivity contribution >= 4 is 17.4 Å². The van der Waals surface area contributed by atoms with Crippen LogP contribution < -0.4 is 9.64 Å². The van der Waals surface area contributed by atoms with Crippen LogP contribution in [0.1, 0.15) is 49.4 Å². The van der Waals surface area contributed by atoms with Crippen molar-refractivity contribution in [2.45, 2.75) is 45.1 Å². The molecule has 1 saturated carbocycles. The maximum Gasteiger partial charge on any atom is 0.265 e. The van der Waals surface area contributed by atoms with Crippen molar-refractivity contribution in [3.8, 4) is 5.75 Å². The molecular formula is C22H25NO3. The number of carbonyl (C=O) groups excluding carboxylic acids is 2. The Bertz CT molecular complexity index is 734. The van der Waals surface area contributed by atoms with Crippen LogP contribution in [0, 0.1) is 0 Å². The number of hydrogen-bond donors (Lipinski definition) is 0. The Kier molecular flexibility index (Phi) is 6.05. The first-order chi connectivity index (χ1) is 12.6. The minimum Gasteiger partial charge on any atom is -0.484 e. The van der Waals surface area contributed by atoms with Gasteiger partial charge in [0.1, 0.15) is 5.75 Å². The van der Waals surface area contributed by atoms with E-state index in [1.165, 1.54) is 13.3 Å². The van der Waals surface area contributed by atoms with Crippen LogP contribution in [0.2, 0.25) is 0 Å². The minimum absolute atomic E-state index is 0.00911. The summed E-state index contributed by atoms with van der Waals surface area (Å²) in [6.07, 6.45) is 5.64. The van der Waals surface area contributed by atoms with Crippen molar-refractivity contribution in [3.63, 3.8) is 0 Å². The maximum atomic E-state index is 12.9. The molecule has 26 heavy (non-hydrogen) atoms. The standard InChI is InChI=1S/C22H25NO3/c1-17(24)18-12-14-21(15-13-18)26-16-22(25)23(19-8-4-2-5-9-19)20-10-6-3-7-11-20/h2,4-5,8-9,12-15,20H,3,6-7,10-11,16H2,1H3. The van der Waals surface area contributed by atoms with Gasteiger partial charge in [0.2, 0.25) is 0 Å². The summed E-state index contributed by atoms with van der Waals surface area (Å²) >= 11 is 0. The number of rotatable bonds is 6. The molecule has 0 aliphatic heterocycles. The van der Waals surface area contributed by atoms with Gasteiger partial charge in [0.05, 0.1) is 0 Å². The second-order valence-electron chi connectivity index (χ2n) is 6.76. The molecule has 0 aromatic heterocycles. The van der Waals surface area contributed by atoms with E-state index in [0.717, 1.165) is 31.4 Å². The Morgan fingerprint density at radius 2 is 1.62 bits per heavy atom. The van der Waals surface area contributed by atoms with Gasteiger partial charge in [-0.1, -0.05) is 37.5 Å². The summed E-state index contributed by atoms with van der Waals surface area (Å²) in [7, 11) is 0. The molecule has 1 aliphatic rings. The Hall–Kier alpha value is -2.62. The quantitative estimate of drug-likeness (QED) is 0.713. The zero-order chi connectivity index (χ0) is 18.4. The molecule has 1 amide bonds. The normalized spacial score (nSPS) is 14.7. The highest BCUT2D eigenvalue weighted by molar-refractivity contribution is 5.95. The smallest absolute Gasteiger partial charge is 0.265 e. The number of amides is 1. The fraction of sp³-hybridized carbons (Fsp3) is 0.364. The van der Waals surface area contributed by atoms with Gasteiger partial charge in [0, 0.05) is 17.3 Å². The van der Waals surface area contributed by atoms with Gasteiger partial charge in [0.15, 0.2) is 12.4 Å². The molecule has 2 aromatic rings. The number of para-hydroxylation sites is 1. The Morgan fingerprint density at radius 3 is 2.23 bits per heavy atom. The molecule has 3 rings (SSSR count). The third-order valence-corrected chi connectivity index (χ3v) is 4.87. The zero-order valence-electron chi connectivity index (χ0n) is 15.2. The Balaban J connectivity index is 1.70. The molecule has 136 valence electrons. The molecule has 1 aliphatic carbocycles. The predicted molar refractivity (Wildman–Crippen MR) is 103 cm³/mol. The summed E-state index contributed by atoms with van der Waals surface area (Å²) in [5.41, 5.74) is 1.57. The highest BCUT2D eigenvalue weighted by Gasteiger charge is 2.27. The molecule has 2 aromatic carbocycles. The van der Waals surface area contributed by atoms with Gasteiger partial charge >= 0.3 is 0 Å². The molecule has 4 nitrogen and oxygen atoms in total. The van der Waals surface area contributed by atoms with Crippen molar-refractivity contribution in [2.24, 2.45) is 0 Å². The molecule has 4 heteroatoms. The van der Waals surface area contributed by atoms with Crippen molar-refractivity contribution in [3.05, 3.63) is 60.2 Å². The molecule has 0 radical (unpaired) electrons. The molecule has 0 heterocycles. The van der Waals surface area contributed by atoms with Crippen LogP contribution in [-0.4, -0.2) is 24.3 Å². The van der Waals surface area contributed by atoms with Gasteiger partial charge in [0.25, 0.3) is 5.91 Å². The maximum absolute atomic E-state index is 12.9. The van der Waals surface area contributed by atoms with Crippen LogP contribution in [0.3, 0.4) is 0 Å². The van der Waals surface area contributed by atoms with E-state index in [4.69, 9.17) is 4.74 Å². The molecule has 0 spiro atoms. The number of Topliss-reactive ketones (excluding diaryl/α,β-unsaturated/α-hetero) is 1. The zero-order valence-corrected chi connectivity index (χ0v) is 15.2. The Morgan fingerprint density at radius 1 is 0.962 bits per heavy atom. The highest BCUT2D eigenvalue weighted by Crippen LogP contribution is 2.27. The van der Waals surface area contributed by atoms with Crippen LogP contribution in [0.25, 0.3) is 0 Å². The van der Waals surface area contributed by atoms with Crippen LogP contribution >= 0.6 is 0 Å². The van der Waals surface area contributed by atoms with E-state index in [9.17, 15) is 9.59 Å². The first-order valence-electron chi connectivity index (χ1n) is 9.26. The lowest BCUT2D eigenvalue weighted by atomic mass is 9.93. The third-order valence-electron chi connectivity index (χ3n) is 4.87. The predicted octanol–water partition coefficient (Wildman–Crippen LogP) is 4.63. The van der Waals surface area contributed by atoms with Crippen molar-refractivity contribution in [1.29, 1.82) is 0 Å². The van der Waals surface area contributed by atoms with E-state index in [0.29, 0.717) is 11.3 Å². The SMILES string of the molecule is CC(=O)c1ccc(OCC(=O)N(c2ccccc2)C2CCCCC2)cc1. The second kappa shape index (κ2) is 8.65. The third kappa shape index (κ3) is 4.51. The molecule has 1 fully saturated rings. The first kappa shape index (κ1) is 18.2. The summed E-state index contributed by atoms with van der Waals surface area (Å²) in [5.74, 6) is 0.582. The van der Waals surface area contributed by atoms with E-state index in [-0.39, 0.29) is 24.3 Å². The molecule has 0 bridgehead atoms. The molecule has 0 unspecified atom stereocenters. The summed E-state index contributed by atoms with van der Waals surface area (Å²) < 4.78 is 5.69. The number of carbonyl (C=O) groups is 2. The number of hydrogen-bond acceptors (Lipinski definition) is 3. The number of ketones is 1. The van der Waals surface area contributed by atoms with Crippen LogP contribution in [0.4, 0.5) is 5.69 Å². The average molecular weight is 351 g/mol. The number of ether oxygens (including phenoxy) is 1. The molecule has 0 saturated heterocycles. The summed E-state index contributed by atoms with van der Waals surface area (Å²) in [4.78, 5) is 26.2. The van der Waals surface area contributed by atoms with E-state index < -0.39 is 0 Å². The topological polar surface area (TPSA) is 46.6 Å². The fourth-order valence-electron chi connectivity index (χ4n) is 3.49. The van der Waals surface area contributed by atoms with Crippen LogP contribution in [-0.2, 0) is 4.79 Å². The van der Waals surface area contributed by atoms with Crippen molar-refractivity contribution < 1.29 is 14.3 Å². The first-order valence-corrected chi connectivity index (χ1v) is 9.26. The average Bonchev–Trinajstić information content (AvgIpc) is 2.68. The van der Waals surface area contributed by atoms with Crippen molar-refractivity contribution in [2.75, 3.05) is 11.5 Å². The fourth-order valence-corrected chi connectivity index (χ4v) is 3.49. The van der Waals surface area contributed by atoms with Gasteiger partial charge in [-0.25, -0.2) is 0 Å². The highest BCUT2D eigenvalue weighted by atomic mass is 16.5. The van der Waals surface area contributed by atoms with E-state index in [2.05, 4.69) is 0 Å². The van der Waals surface area contributed by atoms with Gasteiger partial charge in [-0.3, -0.25) is 9.59 Å². The molecule has 0 N–H and O–H groups in total. The summed E-state index contributed by atoms with van der Waals surface area (Å²) in [6, 6.07) is 17.0. The number of nitrogens with zero attached hydrogens (tertiary/aromatic N) is 1. The van der Waals surface area contributed by atoms with Gasteiger partial charge in [-0.05, 0) is 56.2 Å². The van der Waals surface area contributed by atoms with Gasteiger partial charge in [-0.15, -0.1) is 0 Å². The van der Waals surface area contributed by atoms with Gasteiger partial charge < -0.3 is 9.64 Å². The van der Waals surface area contributed by atoms with Crippen LogP contribution in [0.5, 0.6) is 5.75 Å². The van der Waals surface area contributed by atoms with Crippen LogP contribution in [0.15, 0.2) is 54.6 Å². The second-order valence-corrected chi connectivity index (χ2v) is 6.76. The largest absolute Gasteiger partial charge is 0.484 e. The lowest BCUT2D eigenvalue weighted by Crippen LogP contribution is -2.44. The minimum atomic E-state index is -0.0289. The van der Waals surface area contributed by atoms with Gasteiger partial charge in [-0.2, -0.15) is 0 Å². The lowest BCUT2D eigenvalue weighted by Gasteiger charge is -2.34. The van der Waals surface area contributed by atoms with Crippen molar-refractivity contribution in [1.82, 2.24) is 0 Å². The summed E-state index contributed by atoms with van der Waals surface area (Å²) in [6.45, 7) is 1.52. The van der Waals surface area contributed by atoms with E-state index >= 15 is 0 Å². The molecular weight excluding hydrogens is 326 g/mol. The number of anilines is 1. The lowest BCUT2D eigenvalue weighted by molar-refractivity contribution is -0.121. The van der Waals surface area contributed by atoms with E-state index in [1.54, 1.807) is 24.3 Å². The Labute approximate surface area is 154 Å². The monoisotopic (exact) mass is 351 g/mol. The van der Waals surface area contributed by atoms with E-state index in [1.807, 2.05) is 35.2 Å².